The summed E-state index contributed by atoms with van der Waals surface area (Å²) in [7, 11) is 0. The number of fused-ring (bicyclic) bond motifs is 1. The maximum Gasteiger partial charge on any atom is 0.261 e. The molecule has 0 bridgehead atoms. The van der Waals surface area contributed by atoms with Crippen molar-refractivity contribution in [1.82, 2.24) is 9.97 Å². The van der Waals surface area contributed by atoms with E-state index in [9.17, 15) is 9.90 Å². The number of aromatic nitrogens is 2. The first-order valence-corrected chi connectivity index (χ1v) is 6.98. The first kappa shape index (κ1) is 14.1. The van der Waals surface area contributed by atoms with Crippen molar-refractivity contribution in [2.75, 3.05) is 5.73 Å². The van der Waals surface area contributed by atoms with Gasteiger partial charge in [-0.2, -0.15) is 0 Å². The van der Waals surface area contributed by atoms with Gasteiger partial charge in [-0.15, -0.1) is 0 Å². The summed E-state index contributed by atoms with van der Waals surface area (Å²) < 4.78 is 0. The van der Waals surface area contributed by atoms with Crippen molar-refractivity contribution in [3.05, 3.63) is 51.3 Å². The number of rotatable bonds is 1. The molecule has 1 aromatic carbocycles. The fourth-order valence-electron chi connectivity index (χ4n) is 2.98. The third-order valence-corrected chi connectivity index (χ3v) is 3.79. The van der Waals surface area contributed by atoms with Crippen LogP contribution in [0.2, 0.25) is 0 Å². The van der Waals surface area contributed by atoms with Crippen LogP contribution in [-0.4, -0.2) is 15.1 Å². The van der Waals surface area contributed by atoms with Gasteiger partial charge in [0.1, 0.15) is 17.2 Å². The van der Waals surface area contributed by atoms with E-state index in [0.29, 0.717) is 5.39 Å². The second-order valence-electron chi connectivity index (χ2n) is 5.58. The number of aryl methyl sites for hydroxylation is 3. The Morgan fingerprint density at radius 3 is 2.36 bits per heavy atom. The summed E-state index contributed by atoms with van der Waals surface area (Å²) in [4.78, 5) is 19.2. The van der Waals surface area contributed by atoms with Gasteiger partial charge >= 0.3 is 0 Å². The molecule has 0 radical (unpaired) electrons. The monoisotopic (exact) mass is 295 g/mol. The predicted molar refractivity (Wildman–Crippen MR) is 88.1 cm³/mol. The molecule has 4 N–H and O–H groups in total. The third-order valence-electron chi connectivity index (χ3n) is 3.79. The zero-order valence-electron chi connectivity index (χ0n) is 12.7. The minimum Gasteiger partial charge on any atom is -0.506 e. The van der Waals surface area contributed by atoms with Gasteiger partial charge in [-0.05, 0) is 49.6 Å². The number of nitrogens with zero attached hydrogens (tertiary/aromatic N) is 1. The van der Waals surface area contributed by atoms with Crippen LogP contribution in [0.25, 0.3) is 22.2 Å². The predicted octanol–water partition coefficient (Wildman–Crippen LogP) is 2.80. The maximum atomic E-state index is 12.5. The molecule has 3 aromatic rings. The van der Waals surface area contributed by atoms with Crippen LogP contribution in [0.4, 0.5) is 5.82 Å². The minimum absolute atomic E-state index is 0.0682. The van der Waals surface area contributed by atoms with Gasteiger partial charge in [-0.25, -0.2) is 4.98 Å². The van der Waals surface area contributed by atoms with Crippen molar-refractivity contribution < 1.29 is 5.11 Å². The van der Waals surface area contributed by atoms with E-state index in [4.69, 9.17) is 5.73 Å². The largest absolute Gasteiger partial charge is 0.506 e. The molecule has 2 heterocycles. The van der Waals surface area contributed by atoms with E-state index < -0.39 is 0 Å². The zero-order valence-corrected chi connectivity index (χ0v) is 12.7. The Morgan fingerprint density at radius 1 is 1.09 bits per heavy atom. The Bertz CT molecular complexity index is 935. The lowest BCUT2D eigenvalue weighted by Crippen LogP contribution is -2.12. The Kier molecular flexibility index (Phi) is 3.13. The summed E-state index contributed by atoms with van der Waals surface area (Å²) in [6.07, 6.45) is 0. The van der Waals surface area contributed by atoms with Crippen LogP contribution in [0.5, 0.6) is 5.75 Å². The number of aromatic hydroxyl groups is 1. The topological polar surface area (TPSA) is 92.0 Å². The van der Waals surface area contributed by atoms with E-state index in [1.165, 1.54) is 0 Å². The van der Waals surface area contributed by atoms with E-state index in [1.54, 1.807) is 12.1 Å². The minimum atomic E-state index is -0.377. The van der Waals surface area contributed by atoms with Gasteiger partial charge < -0.3 is 15.8 Å². The smallest absolute Gasteiger partial charge is 0.261 e. The first-order chi connectivity index (χ1) is 10.4. The first-order valence-electron chi connectivity index (χ1n) is 6.98. The normalized spacial score (nSPS) is 11.0. The average Bonchev–Trinajstić information content (AvgIpc) is 2.40. The SMILES string of the molecule is Cc1cc(C)c(-c2c(O)c3ccc(N)nc3[nH]c2=O)c(C)c1. The molecule has 0 aliphatic carbocycles. The van der Waals surface area contributed by atoms with E-state index in [1.807, 2.05) is 32.9 Å². The second-order valence-corrected chi connectivity index (χ2v) is 5.58. The van der Waals surface area contributed by atoms with Crippen LogP contribution >= 0.6 is 0 Å². The van der Waals surface area contributed by atoms with Gasteiger partial charge in [0.15, 0.2) is 0 Å². The van der Waals surface area contributed by atoms with E-state index in [2.05, 4.69) is 9.97 Å². The van der Waals surface area contributed by atoms with Crippen LogP contribution in [0.1, 0.15) is 16.7 Å². The van der Waals surface area contributed by atoms with Crippen LogP contribution in [0.15, 0.2) is 29.1 Å². The summed E-state index contributed by atoms with van der Waals surface area (Å²) in [6.45, 7) is 5.86. The van der Waals surface area contributed by atoms with E-state index >= 15 is 0 Å². The number of benzene rings is 1. The van der Waals surface area contributed by atoms with Crippen molar-refractivity contribution in [2.45, 2.75) is 20.8 Å². The number of H-pyrrole nitrogens is 1. The summed E-state index contributed by atoms with van der Waals surface area (Å²) >= 11 is 0. The highest BCUT2D eigenvalue weighted by molar-refractivity contribution is 5.91. The molecule has 2 aromatic heterocycles. The quantitative estimate of drug-likeness (QED) is 0.643. The molecule has 5 nitrogen and oxygen atoms in total. The number of nitrogen functional groups attached to an aromatic ring is 1. The summed E-state index contributed by atoms with van der Waals surface area (Å²) in [5, 5.41) is 11.1. The average molecular weight is 295 g/mol. The molecule has 0 unspecified atom stereocenters. The number of hydrogen-bond acceptors (Lipinski definition) is 4. The van der Waals surface area contributed by atoms with E-state index in [0.717, 1.165) is 22.3 Å². The lowest BCUT2D eigenvalue weighted by atomic mass is 9.93. The molecule has 3 rings (SSSR count). The number of nitrogens with one attached hydrogen (secondary N) is 1. The molecule has 112 valence electrons. The number of hydrogen-bond donors (Lipinski definition) is 3. The number of pyridine rings is 2. The zero-order chi connectivity index (χ0) is 16.0. The van der Waals surface area contributed by atoms with Gasteiger partial charge in [0.2, 0.25) is 0 Å². The van der Waals surface area contributed by atoms with Gasteiger partial charge in [-0.1, -0.05) is 17.7 Å². The molecule has 0 saturated carbocycles. The Labute approximate surface area is 127 Å². The van der Waals surface area contributed by atoms with Gasteiger partial charge in [0, 0.05) is 0 Å². The van der Waals surface area contributed by atoms with E-state index in [-0.39, 0.29) is 28.3 Å². The molecule has 0 saturated heterocycles. The maximum absolute atomic E-state index is 12.5. The molecule has 0 amide bonds. The van der Waals surface area contributed by atoms with Crippen molar-refractivity contribution >= 4 is 16.9 Å². The van der Waals surface area contributed by atoms with Gasteiger partial charge in [0.25, 0.3) is 5.56 Å². The third kappa shape index (κ3) is 2.11. The molecule has 0 atom stereocenters. The van der Waals surface area contributed by atoms with Crippen molar-refractivity contribution in [3.63, 3.8) is 0 Å². The van der Waals surface area contributed by atoms with Crippen LogP contribution in [0.3, 0.4) is 0 Å². The second kappa shape index (κ2) is 4.87. The summed E-state index contributed by atoms with van der Waals surface area (Å²) in [5.41, 5.74) is 9.56. The van der Waals surface area contributed by atoms with Gasteiger partial charge in [0.05, 0.1) is 10.9 Å². The van der Waals surface area contributed by atoms with Crippen LogP contribution in [-0.2, 0) is 0 Å². The number of nitrogens with two attached hydrogens (primary N) is 1. The molecule has 0 fully saturated rings. The van der Waals surface area contributed by atoms with Crippen molar-refractivity contribution in [3.8, 4) is 16.9 Å². The van der Waals surface area contributed by atoms with Crippen molar-refractivity contribution in [1.29, 1.82) is 0 Å². The summed E-state index contributed by atoms with van der Waals surface area (Å²) in [5.74, 6) is 0.222. The van der Waals surface area contributed by atoms with Crippen LogP contribution in [0, 0.1) is 20.8 Å². The lowest BCUT2D eigenvalue weighted by Gasteiger charge is -2.13. The molecule has 0 spiro atoms. The number of aromatic amines is 1. The summed E-state index contributed by atoms with van der Waals surface area (Å²) in [6, 6.07) is 7.24. The highest BCUT2D eigenvalue weighted by Crippen LogP contribution is 2.35. The Balaban J connectivity index is 2.42. The Hall–Kier alpha value is -2.82. The lowest BCUT2D eigenvalue weighted by molar-refractivity contribution is 0.482. The van der Waals surface area contributed by atoms with Crippen molar-refractivity contribution in [2.24, 2.45) is 0 Å². The van der Waals surface area contributed by atoms with Gasteiger partial charge in [-0.3, -0.25) is 4.79 Å². The highest BCUT2D eigenvalue weighted by atomic mass is 16.3. The molecule has 0 aliphatic heterocycles. The highest BCUT2D eigenvalue weighted by Gasteiger charge is 2.18. The fourth-order valence-corrected chi connectivity index (χ4v) is 2.98. The number of anilines is 1. The fraction of sp³-hybridized carbons (Fsp3) is 0.176. The standard InChI is InChI=1S/C17H17N3O2/c1-8-6-9(2)13(10(3)7-8)14-15(21)11-4-5-12(18)19-16(11)20-17(14)22/h4-7H,1-3H3,(H4,18,19,20,21,22). The molecule has 0 aliphatic rings. The molecule has 5 heteroatoms. The molecular weight excluding hydrogens is 278 g/mol. The van der Waals surface area contributed by atoms with Crippen LogP contribution < -0.4 is 11.3 Å². The molecular formula is C17H17N3O2. The molecule has 22 heavy (non-hydrogen) atoms. The Morgan fingerprint density at radius 2 is 1.73 bits per heavy atom.